The lowest BCUT2D eigenvalue weighted by Gasteiger charge is -2.11. The Balaban J connectivity index is 0.00000109. The molecule has 0 atom stereocenters. The summed E-state index contributed by atoms with van der Waals surface area (Å²) in [4.78, 5) is 3.56. The highest BCUT2D eigenvalue weighted by molar-refractivity contribution is 6.31. The fourth-order valence-corrected chi connectivity index (χ4v) is 3.63. The van der Waals surface area contributed by atoms with Crippen molar-refractivity contribution in [1.82, 2.24) is 4.98 Å². The first-order chi connectivity index (χ1) is 13.5. The van der Waals surface area contributed by atoms with Crippen LogP contribution in [0.2, 0.25) is 5.02 Å². The average molecular weight is 394 g/mol. The largest absolute Gasteiger partial charge is 0.355 e. The van der Waals surface area contributed by atoms with E-state index in [4.69, 9.17) is 17.3 Å². The predicted octanol–water partition coefficient (Wildman–Crippen LogP) is 6.86. The number of halogens is 1. The van der Waals surface area contributed by atoms with E-state index in [9.17, 15) is 0 Å². The summed E-state index contributed by atoms with van der Waals surface area (Å²) < 4.78 is 0. The fraction of sp³-hybridized carbons (Fsp3) is 0.250. The SMILES string of the molecule is CC.Cc1ccc2[nH]c3c(CCN)cc(Nc4ccc(C)c(Cl)c4)cc3c2c1. The standard InChI is InChI=1S/C22H22ClN3.C2H6/c1-13-3-6-21-18(9-13)19-11-17(10-15(7-8-24)22(19)26-21)25-16-5-4-14(2)20(23)12-16;1-2/h3-6,9-12,25-26H,7-8,24H2,1-2H3;1-2H3. The third-order valence-electron chi connectivity index (χ3n) is 4.82. The van der Waals surface area contributed by atoms with E-state index in [-0.39, 0.29) is 0 Å². The molecule has 4 N–H and O–H groups in total. The highest BCUT2D eigenvalue weighted by atomic mass is 35.5. The number of aromatic nitrogens is 1. The van der Waals surface area contributed by atoms with E-state index < -0.39 is 0 Å². The number of anilines is 2. The quantitative estimate of drug-likeness (QED) is 0.354. The van der Waals surface area contributed by atoms with Crippen molar-refractivity contribution < 1.29 is 0 Å². The van der Waals surface area contributed by atoms with Crippen molar-refractivity contribution in [2.45, 2.75) is 34.1 Å². The van der Waals surface area contributed by atoms with Crippen LogP contribution >= 0.6 is 11.6 Å². The highest BCUT2D eigenvalue weighted by Crippen LogP contribution is 2.33. The third kappa shape index (κ3) is 4.01. The minimum Gasteiger partial charge on any atom is -0.355 e. The molecule has 28 heavy (non-hydrogen) atoms. The lowest BCUT2D eigenvalue weighted by atomic mass is 10.0. The summed E-state index contributed by atoms with van der Waals surface area (Å²) in [6.07, 6.45) is 0.826. The Bertz CT molecular complexity index is 1110. The number of rotatable bonds is 4. The zero-order valence-electron chi connectivity index (χ0n) is 17.0. The number of hydrogen-bond acceptors (Lipinski definition) is 2. The second-order valence-corrected chi connectivity index (χ2v) is 7.27. The molecule has 0 unspecified atom stereocenters. The smallest absolute Gasteiger partial charge is 0.0499 e. The second kappa shape index (κ2) is 8.68. The number of aromatic amines is 1. The molecule has 0 radical (unpaired) electrons. The normalized spacial score (nSPS) is 10.8. The highest BCUT2D eigenvalue weighted by Gasteiger charge is 2.11. The molecule has 0 bridgehead atoms. The molecule has 0 amide bonds. The summed E-state index contributed by atoms with van der Waals surface area (Å²) >= 11 is 6.27. The van der Waals surface area contributed by atoms with Gasteiger partial charge >= 0.3 is 0 Å². The number of fused-ring (bicyclic) bond motifs is 3. The Kier molecular flexibility index (Phi) is 6.28. The van der Waals surface area contributed by atoms with Crippen LogP contribution in [0, 0.1) is 13.8 Å². The lowest BCUT2D eigenvalue weighted by molar-refractivity contribution is 0.975. The van der Waals surface area contributed by atoms with Crippen LogP contribution in [-0.4, -0.2) is 11.5 Å². The maximum atomic E-state index is 6.27. The molecule has 1 heterocycles. The zero-order valence-corrected chi connectivity index (χ0v) is 17.7. The van der Waals surface area contributed by atoms with Gasteiger partial charge in [-0.2, -0.15) is 0 Å². The maximum Gasteiger partial charge on any atom is 0.0499 e. The number of nitrogens with two attached hydrogens (primary N) is 1. The van der Waals surface area contributed by atoms with Crippen molar-refractivity contribution in [3.63, 3.8) is 0 Å². The van der Waals surface area contributed by atoms with Crippen LogP contribution in [0.5, 0.6) is 0 Å². The van der Waals surface area contributed by atoms with Crippen LogP contribution in [0.4, 0.5) is 11.4 Å². The van der Waals surface area contributed by atoms with Crippen molar-refractivity contribution in [3.05, 3.63) is 70.2 Å². The molecule has 0 aliphatic heterocycles. The van der Waals surface area contributed by atoms with Crippen molar-refractivity contribution in [2.75, 3.05) is 11.9 Å². The monoisotopic (exact) mass is 393 g/mol. The number of aryl methyl sites for hydroxylation is 2. The first-order valence-electron chi connectivity index (χ1n) is 9.83. The van der Waals surface area contributed by atoms with Gasteiger partial charge in [0, 0.05) is 38.2 Å². The molecular weight excluding hydrogens is 366 g/mol. The van der Waals surface area contributed by atoms with Crippen LogP contribution in [0.25, 0.3) is 21.8 Å². The summed E-state index contributed by atoms with van der Waals surface area (Å²) in [6.45, 7) is 8.74. The van der Waals surface area contributed by atoms with E-state index in [1.54, 1.807) is 0 Å². The van der Waals surface area contributed by atoms with E-state index >= 15 is 0 Å². The van der Waals surface area contributed by atoms with Crippen LogP contribution in [0.15, 0.2) is 48.5 Å². The second-order valence-electron chi connectivity index (χ2n) is 6.86. The van der Waals surface area contributed by atoms with Crippen molar-refractivity contribution in [2.24, 2.45) is 5.73 Å². The van der Waals surface area contributed by atoms with E-state index in [1.807, 2.05) is 39.0 Å². The molecular formula is C24H28ClN3. The molecule has 4 heteroatoms. The van der Waals surface area contributed by atoms with E-state index in [0.29, 0.717) is 6.54 Å². The fourth-order valence-electron chi connectivity index (χ4n) is 3.45. The van der Waals surface area contributed by atoms with Crippen molar-refractivity contribution >= 4 is 44.8 Å². The number of nitrogens with one attached hydrogen (secondary N) is 2. The molecule has 3 nitrogen and oxygen atoms in total. The van der Waals surface area contributed by atoms with Gasteiger partial charge in [-0.1, -0.05) is 43.1 Å². The molecule has 0 saturated heterocycles. The third-order valence-corrected chi connectivity index (χ3v) is 5.23. The lowest BCUT2D eigenvalue weighted by Crippen LogP contribution is -2.04. The van der Waals surface area contributed by atoms with Gasteiger partial charge in [-0.3, -0.25) is 0 Å². The van der Waals surface area contributed by atoms with Crippen molar-refractivity contribution in [1.29, 1.82) is 0 Å². The van der Waals surface area contributed by atoms with Gasteiger partial charge in [-0.15, -0.1) is 0 Å². The van der Waals surface area contributed by atoms with Gasteiger partial charge in [-0.25, -0.2) is 0 Å². The Hall–Kier alpha value is -2.49. The van der Waals surface area contributed by atoms with Gasteiger partial charge in [0.1, 0.15) is 0 Å². The van der Waals surface area contributed by atoms with Crippen LogP contribution in [-0.2, 0) is 6.42 Å². The zero-order chi connectivity index (χ0) is 20.3. The average Bonchev–Trinajstić information content (AvgIpc) is 3.05. The number of benzene rings is 3. The Morgan fingerprint density at radius 2 is 1.71 bits per heavy atom. The summed E-state index contributed by atoms with van der Waals surface area (Å²) in [5.74, 6) is 0. The molecule has 4 aromatic rings. The van der Waals surface area contributed by atoms with E-state index in [2.05, 4.69) is 47.6 Å². The van der Waals surface area contributed by atoms with Crippen LogP contribution < -0.4 is 11.1 Å². The summed E-state index contributed by atoms with van der Waals surface area (Å²) in [6, 6.07) is 16.9. The minimum atomic E-state index is 0.614. The van der Waals surface area contributed by atoms with Gasteiger partial charge in [0.25, 0.3) is 0 Å². The van der Waals surface area contributed by atoms with Gasteiger partial charge < -0.3 is 16.0 Å². The topological polar surface area (TPSA) is 53.8 Å². The van der Waals surface area contributed by atoms with Crippen LogP contribution in [0.3, 0.4) is 0 Å². The van der Waals surface area contributed by atoms with E-state index in [1.165, 1.54) is 27.4 Å². The Morgan fingerprint density at radius 3 is 2.43 bits per heavy atom. The van der Waals surface area contributed by atoms with Gasteiger partial charge in [0.15, 0.2) is 0 Å². The molecule has 0 aliphatic carbocycles. The predicted molar refractivity (Wildman–Crippen MR) is 124 cm³/mol. The number of hydrogen-bond donors (Lipinski definition) is 3. The molecule has 0 saturated carbocycles. The molecule has 0 fully saturated rings. The first-order valence-corrected chi connectivity index (χ1v) is 10.2. The Morgan fingerprint density at radius 1 is 0.929 bits per heavy atom. The number of H-pyrrole nitrogens is 1. The molecule has 0 spiro atoms. The summed E-state index contributed by atoms with van der Waals surface area (Å²) in [5.41, 5.74) is 13.8. The first kappa shape index (κ1) is 20.2. The molecule has 4 rings (SSSR count). The molecule has 0 aliphatic rings. The van der Waals surface area contributed by atoms with E-state index in [0.717, 1.165) is 33.9 Å². The van der Waals surface area contributed by atoms with Gasteiger partial charge in [-0.05, 0) is 74.3 Å². The van der Waals surface area contributed by atoms with Crippen molar-refractivity contribution in [3.8, 4) is 0 Å². The van der Waals surface area contributed by atoms with Crippen LogP contribution in [0.1, 0.15) is 30.5 Å². The molecule has 146 valence electrons. The molecule has 1 aromatic heterocycles. The summed E-state index contributed by atoms with van der Waals surface area (Å²) in [7, 11) is 0. The minimum absolute atomic E-state index is 0.614. The molecule has 3 aromatic carbocycles. The summed E-state index contributed by atoms with van der Waals surface area (Å²) in [5, 5.41) is 6.72. The van der Waals surface area contributed by atoms with Gasteiger partial charge in [0.05, 0.1) is 0 Å². The Labute approximate surface area is 171 Å². The maximum absolute atomic E-state index is 6.27. The van der Waals surface area contributed by atoms with Gasteiger partial charge in [0.2, 0.25) is 0 Å².